The number of rotatable bonds is 7. The summed E-state index contributed by atoms with van der Waals surface area (Å²) in [6.45, 7) is 2.76. The number of amides is 1. The lowest BCUT2D eigenvalue weighted by molar-refractivity contribution is 0.0584. The van der Waals surface area contributed by atoms with Gasteiger partial charge in [0.2, 0.25) is 0 Å². The second-order valence-corrected chi connectivity index (χ2v) is 10.2. The Morgan fingerprint density at radius 3 is 2.63 bits per heavy atom. The highest BCUT2D eigenvalue weighted by Crippen LogP contribution is 2.29. The van der Waals surface area contributed by atoms with Crippen molar-refractivity contribution >= 4 is 28.1 Å². The van der Waals surface area contributed by atoms with Crippen molar-refractivity contribution < 1.29 is 9.18 Å². The Morgan fingerprint density at radius 2 is 1.86 bits per heavy atom. The predicted octanol–water partition coefficient (Wildman–Crippen LogP) is 6.03. The van der Waals surface area contributed by atoms with Crippen LogP contribution in [0, 0.1) is 11.7 Å². The quantitative estimate of drug-likeness (QED) is 0.319. The van der Waals surface area contributed by atoms with E-state index in [2.05, 4.69) is 34.1 Å². The van der Waals surface area contributed by atoms with Crippen LogP contribution in [-0.2, 0) is 13.0 Å². The van der Waals surface area contributed by atoms with Crippen molar-refractivity contribution in [1.29, 1.82) is 0 Å². The minimum atomic E-state index is -0.199. The van der Waals surface area contributed by atoms with Gasteiger partial charge in [-0.25, -0.2) is 4.39 Å². The van der Waals surface area contributed by atoms with E-state index in [0.29, 0.717) is 23.5 Å². The predicted molar refractivity (Wildman–Crippen MR) is 140 cm³/mol. The third kappa shape index (κ3) is 5.29. The molecule has 1 saturated heterocycles. The molecule has 3 heterocycles. The Labute approximate surface area is 210 Å². The fourth-order valence-electron chi connectivity index (χ4n) is 5.28. The molecule has 1 fully saturated rings. The number of carbonyl (C=O) groups is 1. The highest BCUT2D eigenvalue weighted by atomic mass is 32.1. The summed E-state index contributed by atoms with van der Waals surface area (Å²) in [5.74, 6) is 0.121. The maximum absolute atomic E-state index is 14.6. The number of benzene rings is 2. The SMILES string of the molecule is CN(C(=O)c1ccsc1)[C@@H](Cc1ccccc1F)C1CCN(Cc2cccc3cccnc23)CC1. The molecule has 1 aliphatic heterocycles. The zero-order valence-corrected chi connectivity index (χ0v) is 20.8. The molecular weight excluding hydrogens is 457 g/mol. The van der Waals surface area contributed by atoms with Gasteiger partial charge in [-0.2, -0.15) is 11.3 Å². The molecule has 2 aromatic heterocycles. The zero-order chi connectivity index (χ0) is 24.2. The van der Waals surface area contributed by atoms with E-state index < -0.39 is 0 Å². The summed E-state index contributed by atoms with van der Waals surface area (Å²) in [6.07, 6.45) is 4.32. The summed E-state index contributed by atoms with van der Waals surface area (Å²) in [5, 5.41) is 4.98. The van der Waals surface area contributed by atoms with Gasteiger partial charge >= 0.3 is 0 Å². The molecule has 0 bridgehead atoms. The minimum Gasteiger partial charge on any atom is -0.338 e. The Morgan fingerprint density at radius 1 is 1.09 bits per heavy atom. The van der Waals surface area contributed by atoms with E-state index in [1.165, 1.54) is 28.4 Å². The van der Waals surface area contributed by atoms with E-state index >= 15 is 0 Å². The first-order valence-corrected chi connectivity index (χ1v) is 13.1. The van der Waals surface area contributed by atoms with Gasteiger partial charge in [0.05, 0.1) is 11.1 Å². The topological polar surface area (TPSA) is 36.4 Å². The molecule has 0 saturated carbocycles. The van der Waals surface area contributed by atoms with Crippen molar-refractivity contribution in [1.82, 2.24) is 14.8 Å². The van der Waals surface area contributed by atoms with Crippen molar-refractivity contribution in [3.8, 4) is 0 Å². The van der Waals surface area contributed by atoms with Crippen molar-refractivity contribution in [2.45, 2.75) is 31.8 Å². The maximum Gasteiger partial charge on any atom is 0.254 e. The standard InChI is InChI=1S/C29H30FN3OS/c1-32(29(34)25-13-17-35-20-25)27(18-23-6-2-3-10-26(23)30)21-11-15-33(16-12-21)19-24-8-4-7-22-9-5-14-31-28(22)24/h2-10,13-14,17,20-21,27H,11-12,15-16,18-19H2,1H3/t27-/m0/s1. The van der Waals surface area contributed by atoms with E-state index in [9.17, 15) is 9.18 Å². The molecule has 0 N–H and O–H groups in total. The van der Waals surface area contributed by atoms with Gasteiger partial charge < -0.3 is 4.90 Å². The summed E-state index contributed by atoms with van der Waals surface area (Å²) in [5.41, 5.74) is 3.69. The van der Waals surface area contributed by atoms with E-state index in [1.54, 1.807) is 6.07 Å². The van der Waals surface area contributed by atoms with Crippen molar-refractivity contribution in [2.24, 2.45) is 5.92 Å². The van der Waals surface area contributed by atoms with Crippen LogP contribution in [0.1, 0.15) is 34.3 Å². The monoisotopic (exact) mass is 487 g/mol. The summed E-state index contributed by atoms with van der Waals surface area (Å²) in [6, 6.07) is 19.2. The molecule has 180 valence electrons. The van der Waals surface area contributed by atoms with Gasteiger partial charge in [0, 0.05) is 36.6 Å². The van der Waals surface area contributed by atoms with Gasteiger partial charge in [-0.05, 0) is 73.0 Å². The van der Waals surface area contributed by atoms with Crippen LogP contribution < -0.4 is 0 Å². The summed E-state index contributed by atoms with van der Waals surface area (Å²) in [4.78, 5) is 22.1. The Bertz CT molecular complexity index is 1280. The molecule has 0 spiro atoms. The molecular formula is C29H30FN3OS. The lowest BCUT2D eigenvalue weighted by Crippen LogP contribution is -2.47. The van der Waals surface area contributed by atoms with Gasteiger partial charge in [0.25, 0.3) is 5.91 Å². The summed E-state index contributed by atoms with van der Waals surface area (Å²) in [7, 11) is 1.87. The van der Waals surface area contributed by atoms with Crippen LogP contribution >= 0.6 is 11.3 Å². The van der Waals surface area contributed by atoms with Crippen LogP contribution in [0.3, 0.4) is 0 Å². The van der Waals surface area contributed by atoms with Crippen LogP contribution in [0.4, 0.5) is 4.39 Å². The summed E-state index contributed by atoms with van der Waals surface area (Å²) < 4.78 is 14.6. The molecule has 5 rings (SSSR count). The fraction of sp³-hybridized carbons (Fsp3) is 0.310. The number of hydrogen-bond donors (Lipinski definition) is 0. The Kier molecular flexibility index (Phi) is 7.21. The minimum absolute atomic E-state index is 0.0110. The lowest BCUT2D eigenvalue weighted by Gasteiger charge is -2.40. The molecule has 4 aromatic rings. The first-order valence-electron chi connectivity index (χ1n) is 12.2. The number of carbonyl (C=O) groups excluding carboxylic acids is 1. The average molecular weight is 488 g/mol. The highest BCUT2D eigenvalue weighted by molar-refractivity contribution is 7.08. The highest BCUT2D eigenvalue weighted by Gasteiger charge is 2.32. The number of hydrogen-bond acceptors (Lipinski definition) is 4. The van der Waals surface area contributed by atoms with E-state index in [4.69, 9.17) is 0 Å². The van der Waals surface area contributed by atoms with Crippen molar-refractivity contribution in [3.05, 3.63) is 100 Å². The second-order valence-electron chi connectivity index (χ2n) is 9.40. The Hall–Kier alpha value is -3.09. The van der Waals surface area contributed by atoms with Crippen LogP contribution in [-0.4, -0.2) is 46.9 Å². The number of nitrogens with zero attached hydrogens (tertiary/aromatic N) is 3. The summed E-state index contributed by atoms with van der Waals surface area (Å²) >= 11 is 1.52. The molecule has 4 nitrogen and oxygen atoms in total. The fourth-order valence-corrected chi connectivity index (χ4v) is 5.91. The van der Waals surface area contributed by atoms with Gasteiger partial charge in [-0.1, -0.05) is 42.5 Å². The number of pyridine rings is 1. The molecule has 0 radical (unpaired) electrons. The zero-order valence-electron chi connectivity index (χ0n) is 19.9. The average Bonchev–Trinajstić information content (AvgIpc) is 3.43. The molecule has 6 heteroatoms. The van der Waals surface area contributed by atoms with Gasteiger partial charge in [-0.3, -0.25) is 14.7 Å². The van der Waals surface area contributed by atoms with Crippen LogP contribution in [0.2, 0.25) is 0 Å². The first kappa shape index (κ1) is 23.6. The van der Waals surface area contributed by atoms with Crippen LogP contribution in [0.5, 0.6) is 0 Å². The largest absolute Gasteiger partial charge is 0.338 e. The number of thiophene rings is 1. The molecule has 0 unspecified atom stereocenters. The number of halogens is 1. The second kappa shape index (κ2) is 10.7. The van der Waals surface area contributed by atoms with Crippen LogP contribution in [0.25, 0.3) is 10.9 Å². The lowest BCUT2D eigenvalue weighted by atomic mass is 9.84. The van der Waals surface area contributed by atoms with Gasteiger partial charge in [0.15, 0.2) is 0 Å². The molecule has 1 amide bonds. The molecule has 0 aliphatic carbocycles. The van der Waals surface area contributed by atoms with Crippen LogP contribution in [0.15, 0.2) is 77.6 Å². The van der Waals surface area contributed by atoms with Gasteiger partial charge in [0.1, 0.15) is 5.82 Å². The Balaban J connectivity index is 1.31. The maximum atomic E-state index is 14.6. The molecule has 1 aliphatic rings. The molecule has 1 atom stereocenters. The van der Waals surface area contributed by atoms with Crippen molar-refractivity contribution in [2.75, 3.05) is 20.1 Å². The van der Waals surface area contributed by atoms with E-state index in [-0.39, 0.29) is 17.8 Å². The molecule has 2 aromatic carbocycles. The van der Waals surface area contributed by atoms with Crippen molar-refractivity contribution in [3.63, 3.8) is 0 Å². The normalized spacial score (nSPS) is 15.8. The third-order valence-corrected chi connectivity index (χ3v) is 7.94. The number of likely N-dealkylation sites (tertiary alicyclic amines) is 1. The van der Waals surface area contributed by atoms with Gasteiger partial charge in [-0.15, -0.1) is 0 Å². The number of aromatic nitrogens is 1. The number of likely N-dealkylation sites (N-methyl/N-ethyl adjacent to an activating group) is 1. The molecule has 35 heavy (non-hydrogen) atoms. The smallest absolute Gasteiger partial charge is 0.254 e. The number of fused-ring (bicyclic) bond motifs is 1. The number of para-hydroxylation sites is 1. The number of piperidine rings is 1. The van der Waals surface area contributed by atoms with E-state index in [1.807, 2.05) is 53.2 Å². The first-order chi connectivity index (χ1) is 17.1. The van der Waals surface area contributed by atoms with E-state index in [0.717, 1.165) is 38.0 Å². The third-order valence-electron chi connectivity index (χ3n) is 7.26.